The van der Waals surface area contributed by atoms with Gasteiger partial charge in [0.25, 0.3) is 0 Å². The molecular formula is C17H30N4. The molecule has 4 nitrogen and oxygen atoms in total. The topological polar surface area (TPSA) is 63.8 Å². The fourth-order valence-corrected chi connectivity index (χ4v) is 3.83. The van der Waals surface area contributed by atoms with Crippen molar-refractivity contribution >= 4 is 11.6 Å². The molecular weight excluding hydrogens is 260 g/mol. The second-order valence-corrected chi connectivity index (χ2v) is 7.33. The average Bonchev–Trinajstić information content (AvgIpc) is 2.84. The predicted octanol–water partition coefficient (Wildman–Crippen LogP) is 4.20. The number of hydrogen-bond donors (Lipinski definition) is 2. The predicted molar refractivity (Wildman–Crippen MR) is 89.4 cm³/mol. The van der Waals surface area contributed by atoms with Gasteiger partial charge >= 0.3 is 0 Å². The lowest BCUT2D eigenvalue weighted by Gasteiger charge is -2.32. The van der Waals surface area contributed by atoms with Crippen molar-refractivity contribution in [3.63, 3.8) is 0 Å². The number of nitrogens with one attached hydrogen (secondary N) is 1. The standard InChI is InChI=1S/C17H30N4/c1-12(2)9-17(7-5-6-8-17)10-19-16-14(13(3)4)15(18)20-11-21-16/h11-13H,5-10H2,1-4H3,(H3,18,19,20,21). The van der Waals surface area contributed by atoms with Crippen LogP contribution in [0.3, 0.4) is 0 Å². The van der Waals surface area contributed by atoms with Gasteiger partial charge in [0, 0.05) is 12.1 Å². The van der Waals surface area contributed by atoms with Crippen LogP contribution in [0.1, 0.15) is 71.3 Å². The molecule has 1 aliphatic rings. The lowest BCUT2D eigenvalue weighted by molar-refractivity contribution is 0.252. The van der Waals surface area contributed by atoms with Crippen molar-refractivity contribution in [2.24, 2.45) is 11.3 Å². The summed E-state index contributed by atoms with van der Waals surface area (Å²) in [6.07, 6.45) is 8.23. The largest absolute Gasteiger partial charge is 0.383 e. The molecule has 2 rings (SSSR count). The van der Waals surface area contributed by atoms with Crippen LogP contribution in [0.2, 0.25) is 0 Å². The SMILES string of the molecule is CC(C)CC1(CNc2ncnc(N)c2C(C)C)CCCC1. The second-order valence-electron chi connectivity index (χ2n) is 7.33. The van der Waals surface area contributed by atoms with Crippen LogP contribution in [-0.2, 0) is 0 Å². The van der Waals surface area contributed by atoms with Gasteiger partial charge < -0.3 is 11.1 Å². The second kappa shape index (κ2) is 6.63. The Balaban J connectivity index is 2.13. The van der Waals surface area contributed by atoms with Gasteiger partial charge in [-0.2, -0.15) is 0 Å². The van der Waals surface area contributed by atoms with E-state index in [-0.39, 0.29) is 0 Å². The Bertz CT molecular complexity index is 462. The Morgan fingerprint density at radius 3 is 2.43 bits per heavy atom. The number of nitrogens with two attached hydrogens (primary N) is 1. The summed E-state index contributed by atoms with van der Waals surface area (Å²) in [5.41, 5.74) is 7.51. The molecule has 21 heavy (non-hydrogen) atoms. The van der Waals surface area contributed by atoms with Crippen molar-refractivity contribution < 1.29 is 0 Å². The van der Waals surface area contributed by atoms with Gasteiger partial charge in [0.15, 0.2) is 0 Å². The smallest absolute Gasteiger partial charge is 0.134 e. The molecule has 1 aromatic rings. The molecule has 0 spiro atoms. The van der Waals surface area contributed by atoms with Crippen LogP contribution >= 0.6 is 0 Å². The van der Waals surface area contributed by atoms with E-state index in [9.17, 15) is 0 Å². The third kappa shape index (κ3) is 3.86. The molecule has 0 aromatic carbocycles. The summed E-state index contributed by atoms with van der Waals surface area (Å²) in [4.78, 5) is 8.56. The fourth-order valence-electron chi connectivity index (χ4n) is 3.83. The normalized spacial score (nSPS) is 17.6. The van der Waals surface area contributed by atoms with Crippen molar-refractivity contribution in [3.05, 3.63) is 11.9 Å². The average molecular weight is 290 g/mol. The molecule has 1 saturated carbocycles. The van der Waals surface area contributed by atoms with Crippen LogP contribution in [0.4, 0.5) is 11.6 Å². The van der Waals surface area contributed by atoms with E-state index >= 15 is 0 Å². The molecule has 3 N–H and O–H groups in total. The van der Waals surface area contributed by atoms with Gasteiger partial charge in [0.1, 0.15) is 18.0 Å². The van der Waals surface area contributed by atoms with E-state index in [0.29, 0.717) is 17.2 Å². The molecule has 0 aliphatic heterocycles. The first kappa shape index (κ1) is 16.1. The Morgan fingerprint density at radius 2 is 1.86 bits per heavy atom. The number of nitrogens with zero attached hydrogens (tertiary/aromatic N) is 2. The molecule has 0 unspecified atom stereocenters. The lowest BCUT2D eigenvalue weighted by Crippen LogP contribution is -2.29. The van der Waals surface area contributed by atoms with Crippen LogP contribution in [0.5, 0.6) is 0 Å². The molecule has 0 radical (unpaired) electrons. The van der Waals surface area contributed by atoms with Crippen LogP contribution < -0.4 is 11.1 Å². The monoisotopic (exact) mass is 290 g/mol. The molecule has 1 heterocycles. The van der Waals surface area contributed by atoms with Gasteiger partial charge in [-0.15, -0.1) is 0 Å². The zero-order valence-corrected chi connectivity index (χ0v) is 13.9. The first-order valence-corrected chi connectivity index (χ1v) is 8.28. The summed E-state index contributed by atoms with van der Waals surface area (Å²) in [6, 6.07) is 0. The molecule has 118 valence electrons. The van der Waals surface area contributed by atoms with E-state index in [0.717, 1.165) is 23.8 Å². The third-order valence-electron chi connectivity index (χ3n) is 4.63. The van der Waals surface area contributed by atoms with E-state index in [1.807, 2.05) is 0 Å². The number of hydrogen-bond acceptors (Lipinski definition) is 4. The summed E-state index contributed by atoms with van der Waals surface area (Å²) >= 11 is 0. The van der Waals surface area contributed by atoms with Crippen molar-refractivity contribution in [1.82, 2.24) is 9.97 Å². The van der Waals surface area contributed by atoms with E-state index in [4.69, 9.17) is 5.73 Å². The van der Waals surface area contributed by atoms with Gasteiger partial charge in [-0.05, 0) is 36.5 Å². The Kier molecular flexibility index (Phi) is 5.07. The van der Waals surface area contributed by atoms with E-state index in [1.54, 1.807) is 6.33 Å². The number of anilines is 2. The zero-order chi connectivity index (χ0) is 15.5. The van der Waals surface area contributed by atoms with Crippen LogP contribution in [0, 0.1) is 11.3 Å². The van der Waals surface area contributed by atoms with Crippen molar-refractivity contribution in [3.8, 4) is 0 Å². The Labute approximate surface area is 128 Å². The summed E-state index contributed by atoms with van der Waals surface area (Å²) < 4.78 is 0. The molecule has 0 bridgehead atoms. The summed E-state index contributed by atoms with van der Waals surface area (Å²) in [5.74, 6) is 2.60. The van der Waals surface area contributed by atoms with Crippen LogP contribution in [-0.4, -0.2) is 16.5 Å². The minimum Gasteiger partial charge on any atom is -0.383 e. The first-order valence-electron chi connectivity index (χ1n) is 8.28. The molecule has 4 heteroatoms. The van der Waals surface area contributed by atoms with E-state index in [1.165, 1.54) is 32.1 Å². The van der Waals surface area contributed by atoms with Crippen molar-refractivity contribution in [2.75, 3.05) is 17.6 Å². The maximum Gasteiger partial charge on any atom is 0.134 e. The quantitative estimate of drug-likeness (QED) is 0.824. The molecule has 0 amide bonds. The van der Waals surface area contributed by atoms with Gasteiger partial charge in [-0.25, -0.2) is 9.97 Å². The molecule has 0 saturated heterocycles. The van der Waals surface area contributed by atoms with E-state index < -0.39 is 0 Å². The summed E-state index contributed by atoms with van der Waals surface area (Å²) in [5, 5.41) is 3.59. The highest BCUT2D eigenvalue weighted by Crippen LogP contribution is 2.43. The van der Waals surface area contributed by atoms with Crippen molar-refractivity contribution in [2.45, 2.75) is 65.7 Å². The number of aromatic nitrogens is 2. The molecule has 1 fully saturated rings. The van der Waals surface area contributed by atoms with Gasteiger partial charge in [0.05, 0.1) is 0 Å². The van der Waals surface area contributed by atoms with E-state index in [2.05, 4.69) is 43.0 Å². The maximum absolute atomic E-state index is 6.03. The van der Waals surface area contributed by atoms with Crippen molar-refractivity contribution in [1.29, 1.82) is 0 Å². The van der Waals surface area contributed by atoms with Gasteiger partial charge in [-0.1, -0.05) is 40.5 Å². The Morgan fingerprint density at radius 1 is 1.19 bits per heavy atom. The molecule has 0 atom stereocenters. The zero-order valence-electron chi connectivity index (χ0n) is 13.9. The van der Waals surface area contributed by atoms with Crippen LogP contribution in [0.25, 0.3) is 0 Å². The minimum absolute atomic E-state index is 0.332. The third-order valence-corrected chi connectivity index (χ3v) is 4.63. The first-order chi connectivity index (χ1) is 9.93. The maximum atomic E-state index is 6.03. The highest BCUT2D eigenvalue weighted by molar-refractivity contribution is 5.56. The minimum atomic E-state index is 0.332. The molecule has 1 aromatic heterocycles. The number of nitrogen functional groups attached to an aromatic ring is 1. The summed E-state index contributed by atoms with van der Waals surface area (Å²) in [6.45, 7) is 9.92. The van der Waals surface area contributed by atoms with Gasteiger partial charge in [-0.3, -0.25) is 0 Å². The number of rotatable bonds is 6. The van der Waals surface area contributed by atoms with Gasteiger partial charge in [0.2, 0.25) is 0 Å². The van der Waals surface area contributed by atoms with Crippen LogP contribution in [0.15, 0.2) is 6.33 Å². The highest BCUT2D eigenvalue weighted by atomic mass is 15.0. The fraction of sp³-hybridized carbons (Fsp3) is 0.765. The Hall–Kier alpha value is -1.32. The molecule has 1 aliphatic carbocycles. The highest BCUT2D eigenvalue weighted by Gasteiger charge is 2.34. The summed E-state index contributed by atoms with van der Waals surface area (Å²) in [7, 11) is 0. The lowest BCUT2D eigenvalue weighted by atomic mass is 9.78.